The first-order valence-electron chi connectivity index (χ1n) is 5.53. The van der Waals surface area contributed by atoms with Gasteiger partial charge in [-0.3, -0.25) is 0 Å². The maximum absolute atomic E-state index is 12.3. The number of benzene rings is 1. The van der Waals surface area contributed by atoms with Gasteiger partial charge >= 0.3 is 0 Å². The highest BCUT2D eigenvalue weighted by atomic mass is 32.2. The third-order valence-electron chi connectivity index (χ3n) is 2.83. The van der Waals surface area contributed by atoms with Gasteiger partial charge < -0.3 is 4.74 Å². The van der Waals surface area contributed by atoms with Crippen LogP contribution >= 0.6 is 0 Å². The zero-order valence-corrected chi connectivity index (χ0v) is 10.6. The molecule has 0 radical (unpaired) electrons. The minimum Gasteiger partial charge on any atom is -0.477 e. The summed E-state index contributed by atoms with van der Waals surface area (Å²) in [5.74, 6) is 0. The predicted molar refractivity (Wildman–Crippen MR) is 65.8 cm³/mol. The number of nitrogens with zero attached hydrogens (tertiary/aromatic N) is 1. The van der Waals surface area contributed by atoms with Gasteiger partial charge in [-0.25, -0.2) is 13.4 Å². The quantitative estimate of drug-likeness (QED) is 0.827. The number of hydrogen-bond acceptors (Lipinski definition) is 4. The first-order chi connectivity index (χ1) is 8.05. The van der Waals surface area contributed by atoms with Crippen LogP contribution in [-0.2, 0) is 14.6 Å². The van der Waals surface area contributed by atoms with Crippen LogP contribution in [0.2, 0.25) is 0 Å². The zero-order chi connectivity index (χ0) is 12.5. The second-order valence-corrected chi connectivity index (χ2v) is 6.13. The summed E-state index contributed by atoms with van der Waals surface area (Å²) < 4.78 is 29.8. The number of rotatable bonds is 3. The van der Waals surface area contributed by atoms with Crippen molar-refractivity contribution in [3.63, 3.8) is 0 Å². The molecule has 17 heavy (non-hydrogen) atoms. The van der Waals surface area contributed by atoms with Crippen LogP contribution in [0.25, 0.3) is 0 Å². The molecule has 1 aliphatic rings. The molecule has 0 saturated heterocycles. The molecule has 1 aliphatic heterocycles. The Morgan fingerprint density at radius 3 is 2.53 bits per heavy atom. The minimum absolute atomic E-state index is 0.300. The lowest BCUT2D eigenvalue weighted by Crippen LogP contribution is -2.29. The lowest BCUT2D eigenvalue weighted by Gasteiger charge is -2.15. The normalized spacial score (nSPS) is 23.6. The van der Waals surface area contributed by atoms with Gasteiger partial charge in [-0.2, -0.15) is 0 Å². The summed E-state index contributed by atoms with van der Waals surface area (Å²) in [7, 11) is -3.44. The fourth-order valence-electron chi connectivity index (χ4n) is 1.78. The van der Waals surface area contributed by atoms with E-state index in [1.54, 1.807) is 24.3 Å². The van der Waals surface area contributed by atoms with Crippen molar-refractivity contribution in [2.45, 2.75) is 36.6 Å². The summed E-state index contributed by atoms with van der Waals surface area (Å²) in [6.07, 6.45) is 1.49. The molecule has 0 bridgehead atoms. The average molecular weight is 253 g/mol. The number of sulfone groups is 1. The SMILES string of the molecule is CC[C@@H]1OC=N[C@H]1S(=O)(=O)c1ccc(C)cc1. The third kappa shape index (κ3) is 2.20. The summed E-state index contributed by atoms with van der Waals surface area (Å²) >= 11 is 0. The van der Waals surface area contributed by atoms with Crippen molar-refractivity contribution in [2.75, 3.05) is 0 Å². The van der Waals surface area contributed by atoms with Gasteiger partial charge in [0.1, 0.15) is 6.10 Å². The molecule has 0 aliphatic carbocycles. The van der Waals surface area contributed by atoms with Crippen molar-refractivity contribution >= 4 is 16.2 Å². The molecule has 0 fully saturated rings. The van der Waals surface area contributed by atoms with E-state index in [0.29, 0.717) is 11.3 Å². The van der Waals surface area contributed by atoms with E-state index >= 15 is 0 Å². The van der Waals surface area contributed by atoms with Crippen LogP contribution in [0.15, 0.2) is 34.2 Å². The number of aliphatic imine (C=N–C) groups is 1. The van der Waals surface area contributed by atoms with Crippen molar-refractivity contribution in [3.8, 4) is 0 Å². The molecule has 5 heteroatoms. The average Bonchev–Trinajstić information content (AvgIpc) is 2.78. The molecule has 0 spiro atoms. The Morgan fingerprint density at radius 2 is 1.94 bits per heavy atom. The van der Waals surface area contributed by atoms with E-state index in [0.717, 1.165) is 5.56 Å². The van der Waals surface area contributed by atoms with Crippen LogP contribution < -0.4 is 0 Å². The molecule has 0 amide bonds. The van der Waals surface area contributed by atoms with Gasteiger partial charge in [0.2, 0.25) is 9.84 Å². The molecule has 0 saturated carbocycles. The molecule has 1 heterocycles. The van der Waals surface area contributed by atoms with Crippen LogP contribution in [0.5, 0.6) is 0 Å². The molecule has 1 aromatic rings. The van der Waals surface area contributed by atoms with Gasteiger partial charge in [0.05, 0.1) is 4.90 Å². The maximum atomic E-state index is 12.3. The summed E-state index contributed by atoms with van der Waals surface area (Å²) in [6.45, 7) is 3.80. The lowest BCUT2D eigenvalue weighted by molar-refractivity contribution is 0.217. The molecule has 2 rings (SSSR count). The highest BCUT2D eigenvalue weighted by Gasteiger charge is 2.37. The molecule has 0 aromatic heterocycles. The highest BCUT2D eigenvalue weighted by Crippen LogP contribution is 2.25. The van der Waals surface area contributed by atoms with E-state index in [4.69, 9.17) is 4.74 Å². The van der Waals surface area contributed by atoms with E-state index in [1.165, 1.54) is 6.40 Å². The number of hydrogen-bond donors (Lipinski definition) is 0. The Balaban J connectivity index is 2.36. The van der Waals surface area contributed by atoms with Gasteiger partial charge in [-0.15, -0.1) is 0 Å². The van der Waals surface area contributed by atoms with Gasteiger partial charge in [0.25, 0.3) is 0 Å². The Hall–Kier alpha value is -1.36. The van der Waals surface area contributed by atoms with Crippen molar-refractivity contribution < 1.29 is 13.2 Å². The van der Waals surface area contributed by atoms with Crippen LogP contribution in [0.1, 0.15) is 18.9 Å². The first kappa shape index (κ1) is 12.1. The highest BCUT2D eigenvalue weighted by molar-refractivity contribution is 7.92. The fraction of sp³-hybridized carbons (Fsp3) is 0.417. The van der Waals surface area contributed by atoms with Crippen molar-refractivity contribution in [2.24, 2.45) is 4.99 Å². The zero-order valence-electron chi connectivity index (χ0n) is 9.83. The van der Waals surface area contributed by atoms with Gasteiger partial charge in [0, 0.05) is 0 Å². The second-order valence-electron chi connectivity index (χ2n) is 4.09. The van der Waals surface area contributed by atoms with E-state index in [1.807, 2.05) is 13.8 Å². The Bertz CT molecular complexity index is 519. The smallest absolute Gasteiger partial charge is 0.205 e. The first-order valence-corrected chi connectivity index (χ1v) is 7.08. The van der Waals surface area contributed by atoms with E-state index in [-0.39, 0.29) is 6.10 Å². The molecule has 92 valence electrons. The van der Waals surface area contributed by atoms with Gasteiger partial charge in [-0.1, -0.05) is 24.6 Å². The monoisotopic (exact) mass is 253 g/mol. The summed E-state index contributed by atoms with van der Waals surface area (Å²) in [5, 5.41) is -0.810. The van der Waals surface area contributed by atoms with E-state index in [9.17, 15) is 8.42 Å². The standard InChI is InChI=1S/C12H15NO3S/c1-3-11-12(13-8-16-11)17(14,15)10-6-4-9(2)5-7-10/h4-8,11-12H,3H2,1-2H3/t11-,12-/m0/s1. The Kier molecular flexibility index (Phi) is 3.19. The van der Waals surface area contributed by atoms with Crippen LogP contribution in [0.4, 0.5) is 0 Å². The molecule has 0 unspecified atom stereocenters. The third-order valence-corrected chi connectivity index (χ3v) is 4.82. The predicted octanol–water partition coefficient (Wildman–Crippen LogP) is 1.93. The van der Waals surface area contributed by atoms with Crippen molar-refractivity contribution in [1.82, 2.24) is 0 Å². The molecular weight excluding hydrogens is 238 g/mol. The number of aryl methyl sites for hydroxylation is 1. The van der Waals surface area contributed by atoms with Gasteiger partial charge in [0.15, 0.2) is 11.8 Å². The van der Waals surface area contributed by atoms with Crippen LogP contribution in [0, 0.1) is 6.92 Å². The second kappa shape index (κ2) is 4.49. The van der Waals surface area contributed by atoms with Crippen LogP contribution in [0.3, 0.4) is 0 Å². The molecule has 2 atom stereocenters. The molecule has 4 nitrogen and oxygen atoms in total. The van der Waals surface area contributed by atoms with Crippen LogP contribution in [-0.4, -0.2) is 26.3 Å². The topological polar surface area (TPSA) is 55.7 Å². The van der Waals surface area contributed by atoms with E-state index in [2.05, 4.69) is 4.99 Å². The Morgan fingerprint density at radius 1 is 1.29 bits per heavy atom. The maximum Gasteiger partial charge on any atom is 0.205 e. The van der Waals surface area contributed by atoms with Gasteiger partial charge in [-0.05, 0) is 25.5 Å². The largest absolute Gasteiger partial charge is 0.477 e. The number of ether oxygens (including phenoxy) is 1. The van der Waals surface area contributed by atoms with E-state index < -0.39 is 15.2 Å². The fourth-order valence-corrected chi connectivity index (χ4v) is 3.44. The summed E-state index contributed by atoms with van der Waals surface area (Å²) in [6, 6.07) is 6.80. The summed E-state index contributed by atoms with van der Waals surface area (Å²) in [4.78, 5) is 4.22. The molecular formula is C12H15NO3S. The molecule has 1 aromatic carbocycles. The molecule has 0 N–H and O–H groups in total. The lowest BCUT2D eigenvalue weighted by atomic mass is 10.2. The van der Waals surface area contributed by atoms with Crippen molar-refractivity contribution in [3.05, 3.63) is 29.8 Å². The van der Waals surface area contributed by atoms with Crippen molar-refractivity contribution in [1.29, 1.82) is 0 Å². The summed E-state index contributed by atoms with van der Waals surface area (Å²) in [5.41, 5.74) is 1.03. The Labute approximate surface area is 101 Å². The minimum atomic E-state index is -3.44.